The highest BCUT2D eigenvalue weighted by Gasteiger charge is 2.43. The quantitative estimate of drug-likeness (QED) is 0.839. The lowest BCUT2D eigenvalue weighted by atomic mass is 10.0. The van der Waals surface area contributed by atoms with Gasteiger partial charge >= 0.3 is 6.18 Å². The van der Waals surface area contributed by atoms with Crippen LogP contribution in [0.25, 0.3) is 0 Å². The minimum atomic E-state index is -4.71. The minimum absolute atomic E-state index is 0.0558. The van der Waals surface area contributed by atoms with Crippen molar-refractivity contribution in [3.63, 3.8) is 0 Å². The number of alkyl halides is 3. The standard InChI is InChI=1S/C15H12F3NO5/c1-2-22-13-10(11(20)12(13)21)19-14(15(16,17)18)7-3-4-8-9(5-7)24-6-23-8/h3-5,14,19H,2,6H2,1H3/t14-/m0/s1. The van der Waals surface area contributed by atoms with E-state index in [1.807, 2.05) is 0 Å². The maximum Gasteiger partial charge on any atom is 0.412 e. The molecule has 24 heavy (non-hydrogen) atoms. The number of nitrogens with one attached hydrogen (secondary N) is 1. The fraction of sp³-hybridized carbons (Fsp3) is 0.333. The second-order valence-electron chi connectivity index (χ2n) is 5.03. The van der Waals surface area contributed by atoms with Gasteiger partial charge in [0.2, 0.25) is 6.79 Å². The smallest absolute Gasteiger partial charge is 0.412 e. The summed E-state index contributed by atoms with van der Waals surface area (Å²) in [5, 5.41) is 2.08. The minimum Gasteiger partial charge on any atom is -0.488 e. The molecule has 2 aromatic carbocycles. The average molecular weight is 343 g/mol. The molecule has 128 valence electrons. The van der Waals surface area contributed by atoms with Crippen molar-refractivity contribution in [1.82, 2.24) is 0 Å². The molecular weight excluding hydrogens is 331 g/mol. The van der Waals surface area contributed by atoms with E-state index in [0.29, 0.717) is 5.75 Å². The Balaban J connectivity index is 1.96. The SMILES string of the molecule is CCOc1c(N[C@@H](c2ccc3c(c2)OCO3)C(F)(F)F)c(=O)c1=O. The first kappa shape index (κ1) is 16.2. The van der Waals surface area contributed by atoms with Crippen LogP contribution in [-0.2, 0) is 0 Å². The molecule has 1 heterocycles. The Hall–Kier alpha value is -2.71. The predicted molar refractivity (Wildman–Crippen MR) is 77.5 cm³/mol. The maximum atomic E-state index is 13.4. The first-order valence-corrected chi connectivity index (χ1v) is 7.01. The Morgan fingerprint density at radius 3 is 2.58 bits per heavy atom. The van der Waals surface area contributed by atoms with Crippen molar-refractivity contribution < 1.29 is 27.4 Å². The zero-order valence-corrected chi connectivity index (χ0v) is 12.4. The van der Waals surface area contributed by atoms with Crippen molar-refractivity contribution in [2.24, 2.45) is 0 Å². The molecule has 0 saturated carbocycles. The Labute approximate surface area is 133 Å². The number of fused-ring (bicyclic) bond motifs is 1. The second-order valence-corrected chi connectivity index (χ2v) is 5.03. The molecule has 0 fully saturated rings. The molecule has 1 aliphatic heterocycles. The molecule has 6 nitrogen and oxygen atoms in total. The zero-order valence-electron chi connectivity index (χ0n) is 12.4. The van der Waals surface area contributed by atoms with Crippen molar-refractivity contribution in [1.29, 1.82) is 0 Å². The Morgan fingerprint density at radius 2 is 1.92 bits per heavy atom. The summed E-state index contributed by atoms with van der Waals surface area (Å²) in [6, 6.07) is 1.54. The van der Waals surface area contributed by atoms with Gasteiger partial charge in [0.05, 0.1) is 6.61 Å². The highest BCUT2D eigenvalue weighted by Crippen LogP contribution is 2.41. The molecule has 1 atom stereocenters. The van der Waals surface area contributed by atoms with Crippen LogP contribution >= 0.6 is 0 Å². The van der Waals surface area contributed by atoms with E-state index in [-0.39, 0.29) is 30.5 Å². The number of rotatable bonds is 5. The largest absolute Gasteiger partial charge is 0.488 e. The van der Waals surface area contributed by atoms with E-state index in [4.69, 9.17) is 14.2 Å². The fourth-order valence-electron chi connectivity index (χ4n) is 2.38. The molecular formula is C15H12F3NO5. The Bertz CT molecular complexity index is 839. The van der Waals surface area contributed by atoms with Gasteiger partial charge in [0, 0.05) is 0 Å². The second kappa shape index (κ2) is 5.73. The lowest BCUT2D eigenvalue weighted by Gasteiger charge is -2.24. The van der Waals surface area contributed by atoms with Gasteiger partial charge in [-0.05, 0) is 24.6 Å². The van der Waals surface area contributed by atoms with Gasteiger partial charge in [-0.1, -0.05) is 6.07 Å². The van der Waals surface area contributed by atoms with Crippen LogP contribution in [0.5, 0.6) is 17.2 Å². The Kier molecular flexibility index (Phi) is 3.86. The summed E-state index contributed by atoms with van der Waals surface area (Å²) < 4.78 is 55.3. The molecule has 0 unspecified atom stereocenters. The topological polar surface area (TPSA) is 73.9 Å². The maximum absolute atomic E-state index is 13.4. The van der Waals surface area contributed by atoms with Crippen LogP contribution < -0.4 is 30.4 Å². The summed E-state index contributed by atoms with van der Waals surface area (Å²) in [5.74, 6) is 0.139. The van der Waals surface area contributed by atoms with Crippen LogP contribution in [0.15, 0.2) is 27.8 Å². The van der Waals surface area contributed by atoms with E-state index in [2.05, 4.69) is 5.32 Å². The van der Waals surface area contributed by atoms with Gasteiger partial charge in [0.15, 0.2) is 17.2 Å². The van der Waals surface area contributed by atoms with Crippen LogP contribution in [0.4, 0.5) is 18.9 Å². The molecule has 2 aromatic rings. The van der Waals surface area contributed by atoms with E-state index in [1.54, 1.807) is 6.92 Å². The van der Waals surface area contributed by atoms with Crippen molar-refractivity contribution in [2.45, 2.75) is 19.1 Å². The van der Waals surface area contributed by atoms with Crippen molar-refractivity contribution in [3.8, 4) is 17.2 Å². The molecule has 0 aromatic heterocycles. The van der Waals surface area contributed by atoms with Gasteiger partial charge in [-0.15, -0.1) is 0 Å². The van der Waals surface area contributed by atoms with E-state index in [9.17, 15) is 22.8 Å². The summed E-state index contributed by atoms with van der Waals surface area (Å²) in [4.78, 5) is 23.0. The third kappa shape index (κ3) is 2.66. The summed E-state index contributed by atoms with van der Waals surface area (Å²) in [5.41, 5.74) is -2.62. The predicted octanol–water partition coefficient (Wildman–Crippen LogP) is 2.13. The summed E-state index contributed by atoms with van der Waals surface area (Å²) in [6.45, 7) is 1.54. The van der Waals surface area contributed by atoms with Gasteiger partial charge in [-0.2, -0.15) is 13.2 Å². The number of benzene rings is 1. The number of ether oxygens (including phenoxy) is 3. The van der Waals surface area contributed by atoms with Crippen LogP contribution in [-0.4, -0.2) is 19.6 Å². The molecule has 0 radical (unpaired) electrons. The number of hydrogen-bond acceptors (Lipinski definition) is 6. The van der Waals surface area contributed by atoms with Gasteiger partial charge in [-0.25, -0.2) is 0 Å². The molecule has 0 amide bonds. The van der Waals surface area contributed by atoms with E-state index < -0.39 is 28.8 Å². The third-order valence-corrected chi connectivity index (χ3v) is 3.50. The van der Waals surface area contributed by atoms with Crippen molar-refractivity contribution >= 4 is 5.69 Å². The number of hydrogen-bond donors (Lipinski definition) is 1. The summed E-state index contributed by atoms with van der Waals surface area (Å²) in [7, 11) is 0. The molecule has 0 aliphatic carbocycles. The molecule has 1 aliphatic rings. The van der Waals surface area contributed by atoms with Crippen LogP contribution in [0, 0.1) is 0 Å². The normalized spacial score (nSPS) is 14.7. The van der Waals surface area contributed by atoms with Crippen LogP contribution in [0.1, 0.15) is 18.5 Å². The molecule has 0 bridgehead atoms. The van der Waals surface area contributed by atoms with Gasteiger partial charge in [-0.3, -0.25) is 9.59 Å². The number of anilines is 1. The Morgan fingerprint density at radius 1 is 1.21 bits per heavy atom. The molecule has 9 heteroatoms. The van der Waals surface area contributed by atoms with E-state index >= 15 is 0 Å². The summed E-state index contributed by atoms with van der Waals surface area (Å²) in [6.07, 6.45) is -4.71. The highest BCUT2D eigenvalue weighted by atomic mass is 19.4. The van der Waals surface area contributed by atoms with E-state index in [0.717, 1.165) is 0 Å². The van der Waals surface area contributed by atoms with Crippen LogP contribution in [0.3, 0.4) is 0 Å². The molecule has 3 rings (SSSR count). The summed E-state index contributed by atoms with van der Waals surface area (Å²) >= 11 is 0. The van der Waals surface area contributed by atoms with Gasteiger partial charge in [0.1, 0.15) is 11.7 Å². The van der Waals surface area contributed by atoms with Crippen molar-refractivity contribution in [2.75, 3.05) is 18.7 Å². The van der Waals surface area contributed by atoms with Gasteiger partial charge < -0.3 is 19.5 Å². The monoisotopic (exact) mass is 343 g/mol. The first-order valence-electron chi connectivity index (χ1n) is 7.01. The molecule has 0 spiro atoms. The first-order chi connectivity index (χ1) is 11.3. The third-order valence-electron chi connectivity index (χ3n) is 3.50. The van der Waals surface area contributed by atoms with Gasteiger partial charge in [0.25, 0.3) is 10.9 Å². The lowest BCUT2D eigenvalue weighted by molar-refractivity contribution is -0.144. The fourth-order valence-corrected chi connectivity index (χ4v) is 2.38. The molecule has 1 N–H and O–H groups in total. The van der Waals surface area contributed by atoms with Crippen molar-refractivity contribution in [3.05, 3.63) is 44.2 Å². The number of halogens is 3. The molecule has 0 saturated heterocycles. The average Bonchev–Trinajstić information content (AvgIpc) is 3.00. The lowest BCUT2D eigenvalue weighted by Crippen LogP contribution is -2.39. The van der Waals surface area contributed by atoms with E-state index in [1.165, 1.54) is 18.2 Å². The van der Waals surface area contributed by atoms with Crippen LogP contribution in [0.2, 0.25) is 0 Å². The zero-order chi connectivity index (χ0) is 17.5. The highest BCUT2D eigenvalue weighted by molar-refractivity contribution is 5.63.